The SMILES string of the molecule is COc1c(O)cc(C(=O)OC[C@@]2(C)[C@@H]3CC[C@]4(C)[C@H](CC=C5[C@@H]6CC(C)(C)CC[C@]6(C(=O)O[C@@H]6O[C@H](CO)[C@@H](O)[C@H](O)[C@H]6O)CC[C@]54C)[C@@]3(C)C[C@@H](O)[C@@H]2O)cc1O. The van der Waals surface area contributed by atoms with Gasteiger partial charge in [0, 0.05) is 5.41 Å². The summed E-state index contributed by atoms with van der Waals surface area (Å²) in [6.45, 7) is 12.3. The Hall–Kier alpha value is -2.98. The molecule has 5 fully saturated rings. The monoisotopic (exact) mass is 816 g/mol. The summed E-state index contributed by atoms with van der Waals surface area (Å²) < 4.78 is 22.4. The number of benzene rings is 1. The van der Waals surface area contributed by atoms with Crippen molar-refractivity contribution in [2.75, 3.05) is 20.3 Å². The Morgan fingerprint density at radius 3 is 2.14 bits per heavy atom. The number of methoxy groups -OCH3 is 1. The second-order valence-electron chi connectivity index (χ2n) is 20.3. The van der Waals surface area contributed by atoms with Crippen molar-refractivity contribution in [1.82, 2.24) is 0 Å². The van der Waals surface area contributed by atoms with Gasteiger partial charge in [-0.1, -0.05) is 53.2 Å². The minimum absolute atomic E-state index is 0.0605. The van der Waals surface area contributed by atoms with E-state index < -0.39 is 89.2 Å². The van der Waals surface area contributed by atoms with Crippen molar-refractivity contribution in [3.8, 4) is 17.2 Å². The van der Waals surface area contributed by atoms with Crippen LogP contribution in [0, 0.1) is 50.2 Å². The highest BCUT2D eigenvalue weighted by Gasteiger charge is 2.71. The predicted octanol–water partition coefficient (Wildman–Crippen LogP) is 3.72. The standard InChI is InChI=1S/C44H64O14/c1-39(2)12-14-44(38(54)58-37-33(51)32(50)31(49)28(20-45)57-37)15-13-42(5)23(24(44)18-39)8-9-30-40(3)19-27(48)35(52)41(4,29(40)10-11-43(30,42)6)21-56-36(53)22-16-25(46)34(55-7)26(47)17-22/h8,16-17,24,27-33,35,37,45-52H,9-15,18-21H2,1-7H3/t24-,27+,28+,29+,30+,31+,32-,33+,35-,37-,40-,41-,42+,43+,44-/m0/s1. The largest absolute Gasteiger partial charge is 0.504 e. The van der Waals surface area contributed by atoms with E-state index in [-0.39, 0.29) is 51.9 Å². The lowest BCUT2D eigenvalue weighted by Gasteiger charge is -2.71. The molecule has 15 atom stereocenters. The van der Waals surface area contributed by atoms with Crippen LogP contribution in [-0.2, 0) is 19.0 Å². The molecule has 14 nitrogen and oxygen atoms in total. The molecule has 4 saturated carbocycles. The number of hydrogen-bond acceptors (Lipinski definition) is 14. The molecule has 324 valence electrons. The molecule has 5 aliphatic carbocycles. The number of carbonyl (C=O) groups is 2. The summed E-state index contributed by atoms with van der Waals surface area (Å²) in [4.78, 5) is 27.9. The number of fused-ring (bicyclic) bond motifs is 7. The molecule has 58 heavy (non-hydrogen) atoms. The van der Waals surface area contributed by atoms with Crippen LogP contribution in [-0.4, -0.2) is 116 Å². The van der Waals surface area contributed by atoms with E-state index in [9.17, 15) is 50.4 Å². The van der Waals surface area contributed by atoms with Crippen molar-refractivity contribution in [2.45, 2.75) is 142 Å². The van der Waals surface area contributed by atoms with Gasteiger partial charge in [0.2, 0.25) is 12.0 Å². The van der Waals surface area contributed by atoms with Gasteiger partial charge in [0.05, 0.1) is 43.5 Å². The molecule has 1 aromatic carbocycles. The van der Waals surface area contributed by atoms with Crippen LogP contribution in [0.15, 0.2) is 23.8 Å². The maximum atomic E-state index is 14.6. The Kier molecular flexibility index (Phi) is 10.8. The van der Waals surface area contributed by atoms with E-state index in [1.54, 1.807) is 0 Å². The molecule has 1 aliphatic heterocycles. The molecule has 0 amide bonds. The third-order valence-electron chi connectivity index (χ3n) is 16.9. The first-order valence-corrected chi connectivity index (χ1v) is 20.9. The second kappa shape index (κ2) is 14.6. The Balaban J connectivity index is 1.18. The quantitative estimate of drug-likeness (QED) is 0.145. The topological polar surface area (TPSA) is 233 Å². The maximum Gasteiger partial charge on any atom is 0.338 e. The summed E-state index contributed by atoms with van der Waals surface area (Å²) in [6, 6.07) is 2.30. The lowest BCUT2D eigenvalue weighted by Crippen LogP contribution is -2.68. The van der Waals surface area contributed by atoms with Crippen molar-refractivity contribution in [1.29, 1.82) is 0 Å². The Bertz CT molecular complexity index is 1790. The molecule has 1 saturated heterocycles. The average molecular weight is 817 g/mol. The smallest absolute Gasteiger partial charge is 0.338 e. The zero-order valence-corrected chi connectivity index (χ0v) is 34.8. The van der Waals surface area contributed by atoms with Crippen molar-refractivity contribution in [2.24, 2.45) is 50.2 Å². The summed E-state index contributed by atoms with van der Waals surface area (Å²) in [6.07, 6.45) is -1.88. The fraction of sp³-hybridized carbons (Fsp3) is 0.773. The highest BCUT2D eigenvalue weighted by molar-refractivity contribution is 5.91. The van der Waals surface area contributed by atoms with E-state index in [1.807, 2.05) is 6.92 Å². The number of esters is 2. The number of allylic oxidation sites excluding steroid dienone is 2. The lowest BCUT2D eigenvalue weighted by molar-refractivity contribution is -0.297. The third kappa shape index (κ3) is 6.29. The first-order chi connectivity index (χ1) is 27.0. The van der Waals surface area contributed by atoms with Crippen LogP contribution in [0.2, 0.25) is 0 Å². The number of hydrogen-bond donors (Lipinski definition) is 8. The van der Waals surface area contributed by atoms with E-state index in [0.29, 0.717) is 38.5 Å². The molecule has 7 rings (SSSR count). The van der Waals surface area contributed by atoms with Gasteiger partial charge in [0.25, 0.3) is 0 Å². The lowest BCUT2D eigenvalue weighted by atomic mass is 9.33. The third-order valence-corrected chi connectivity index (χ3v) is 16.9. The van der Waals surface area contributed by atoms with Crippen molar-refractivity contribution in [3.63, 3.8) is 0 Å². The second-order valence-corrected chi connectivity index (χ2v) is 20.3. The van der Waals surface area contributed by atoms with Crippen LogP contribution >= 0.6 is 0 Å². The summed E-state index contributed by atoms with van der Waals surface area (Å²) in [5.74, 6) is -2.60. The molecule has 8 N–H and O–H groups in total. The Labute approximate surface area is 340 Å². The number of rotatable bonds is 7. The predicted molar refractivity (Wildman–Crippen MR) is 207 cm³/mol. The fourth-order valence-electron chi connectivity index (χ4n) is 13.4. The molecule has 1 heterocycles. The molecule has 6 aliphatic rings. The molecule has 1 aromatic rings. The van der Waals surface area contributed by atoms with Gasteiger partial charge in [0.1, 0.15) is 24.4 Å². The first-order valence-electron chi connectivity index (χ1n) is 20.9. The molecule has 0 spiro atoms. The normalized spacial score (nSPS) is 45.6. The van der Waals surface area contributed by atoms with E-state index in [4.69, 9.17) is 18.9 Å². The zero-order valence-electron chi connectivity index (χ0n) is 34.8. The van der Waals surface area contributed by atoms with Gasteiger partial charge in [-0.05, 0) is 109 Å². The van der Waals surface area contributed by atoms with Crippen molar-refractivity contribution in [3.05, 3.63) is 29.3 Å². The van der Waals surface area contributed by atoms with Gasteiger partial charge in [-0.2, -0.15) is 0 Å². The van der Waals surface area contributed by atoms with Gasteiger partial charge in [-0.3, -0.25) is 4.79 Å². The van der Waals surface area contributed by atoms with Gasteiger partial charge in [-0.15, -0.1) is 0 Å². The summed E-state index contributed by atoms with van der Waals surface area (Å²) in [5.41, 5.74) is -2.02. The number of aliphatic hydroxyl groups excluding tert-OH is 6. The van der Waals surface area contributed by atoms with Crippen LogP contribution < -0.4 is 4.74 Å². The number of ether oxygens (including phenoxy) is 4. The van der Waals surface area contributed by atoms with Crippen LogP contribution in [0.1, 0.15) is 110 Å². The highest BCUT2D eigenvalue weighted by Crippen LogP contribution is 2.76. The number of phenolic OH excluding ortho intramolecular Hbond substituents is 2. The summed E-state index contributed by atoms with van der Waals surface area (Å²) >= 11 is 0. The molecule has 0 bridgehead atoms. The minimum atomic E-state index is -1.70. The van der Waals surface area contributed by atoms with Gasteiger partial charge < -0.3 is 59.8 Å². The van der Waals surface area contributed by atoms with Crippen LogP contribution in [0.25, 0.3) is 0 Å². The molecular weight excluding hydrogens is 752 g/mol. The van der Waals surface area contributed by atoms with Crippen molar-refractivity contribution < 1.29 is 69.4 Å². The molecule has 0 aromatic heterocycles. The number of phenols is 2. The average Bonchev–Trinajstić information content (AvgIpc) is 3.16. The molecule has 14 heteroatoms. The van der Waals surface area contributed by atoms with Crippen molar-refractivity contribution >= 4 is 11.9 Å². The zero-order chi connectivity index (χ0) is 42.5. The summed E-state index contributed by atoms with van der Waals surface area (Å²) in [7, 11) is 1.28. The van der Waals surface area contributed by atoms with E-state index in [0.717, 1.165) is 31.4 Å². The van der Waals surface area contributed by atoms with Crippen LogP contribution in [0.5, 0.6) is 17.2 Å². The first kappa shape index (κ1) is 43.1. The number of aliphatic hydroxyl groups is 6. The Morgan fingerprint density at radius 1 is 0.845 bits per heavy atom. The van der Waals surface area contributed by atoms with E-state index in [1.165, 1.54) is 12.7 Å². The fourth-order valence-corrected chi connectivity index (χ4v) is 13.4. The maximum absolute atomic E-state index is 14.6. The van der Waals surface area contributed by atoms with E-state index in [2.05, 4.69) is 40.7 Å². The van der Waals surface area contributed by atoms with Crippen LogP contribution in [0.4, 0.5) is 0 Å². The highest BCUT2D eigenvalue weighted by atomic mass is 16.7. The van der Waals surface area contributed by atoms with E-state index >= 15 is 0 Å². The molecule has 0 radical (unpaired) electrons. The number of carbonyl (C=O) groups excluding carboxylic acids is 2. The van der Waals surface area contributed by atoms with Gasteiger partial charge in [-0.25, -0.2) is 4.79 Å². The number of aromatic hydroxyl groups is 2. The Morgan fingerprint density at radius 2 is 1.50 bits per heavy atom. The minimum Gasteiger partial charge on any atom is -0.504 e. The summed E-state index contributed by atoms with van der Waals surface area (Å²) in [5, 5.41) is 85.3. The molecule has 0 unspecified atom stereocenters. The van der Waals surface area contributed by atoms with Gasteiger partial charge in [0.15, 0.2) is 11.5 Å². The van der Waals surface area contributed by atoms with Gasteiger partial charge >= 0.3 is 11.9 Å². The van der Waals surface area contributed by atoms with Crippen LogP contribution in [0.3, 0.4) is 0 Å². The molecular formula is C44H64O14.